The van der Waals surface area contributed by atoms with E-state index in [0.29, 0.717) is 11.8 Å². The van der Waals surface area contributed by atoms with Crippen LogP contribution in [-0.4, -0.2) is 63.0 Å². The second-order valence-corrected chi connectivity index (χ2v) is 10.9. The van der Waals surface area contributed by atoms with Crippen molar-refractivity contribution in [2.24, 2.45) is 5.92 Å². The zero-order valence-electron chi connectivity index (χ0n) is 21.4. The molecule has 0 radical (unpaired) electrons. The van der Waals surface area contributed by atoms with E-state index in [1.807, 2.05) is 23.2 Å². The van der Waals surface area contributed by atoms with Crippen molar-refractivity contribution in [1.29, 1.82) is 0 Å². The molecule has 2 aliphatic rings. The minimum Gasteiger partial charge on any atom is -0.343 e. The zero-order chi connectivity index (χ0) is 25.1. The molecular weight excluding hydrogens is 472 g/mol. The van der Waals surface area contributed by atoms with E-state index in [9.17, 15) is 4.79 Å². The Morgan fingerprint density at radius 1 is 1.11 bits per heavy atom. The molecule has 36 heavy (non-hydrogen) atoms. The number of benzene rings is 1. The monoisotopic (exact) mass is 508 g/mol. The molecule has 0 bridgehead atoms. The molecule has 0 spiro atoms. The third kappa shape index (κ3) is 5.74. The molecule has 0 unspecified atom stereocenters. The van der Waals surface area contributed by atoms with Crippen LogP contribution in [0.2, 0.25) is 5.02 Å². The van der Waals surface area contributed by atoms with Crippen molar-refractivity contribution in [3.05, 3.63) is 64.1 Å². The molecule has 2 aliphatic heterocycles. The lowest BCUT2D eigenvalue weighted by molar-refractivity contribution is -0.130. The third-order valence-electron chi connectivity index (χ3n) is 7.88. The van der Waals surface area contributed by atoms with E-state index in [2.05, 4.69) is 39.9 Å². The highest BCUT2D eigenvalue weighted by molar-refractivity contribution is 6.30. The summed E-state index contributed by atoms with van der Waals surface area (Å²) in [6, 6.07) is 10.3. The van der Waals surface area contributed by atoms with Crippen molar-refractivity contribution in [1.82, 2.24) is 29.7 Å². The van der Waals surface area contributed by atoms with E-state index in [4.69, 9.17) is 21.7 Å². The number of piperidine rings is 2. The molecule has 192 valence electrons. The Morgan fingerprint density at radius 2 is 1.89 bits per heavy atom. The van der Waals surface area contributed by atoms with Crippen LogP contribution in [0.4, 0.5) is 0 Å². The number of hydrogen-bond acceptors (Lipinski definition) is 5. The first-order chi connectivity index (χ1) is 17.5. The maximum absolute atomic E-state index is 11.6. The number of hydrogen-bond donors (Lipinski definition) is 1. The lowest BCUT2D eigenvalue weighted by Crippen LogP contribution is -2.39. The van der Waals surface area contributed by atoms with Crippen molar-refractivity contribution in [3.8, 4) is 0 Å². The molecule has 8 heteroatoms. The highest BCUT2D eigenvalue weighted by Gasteiger charge is 2.25. The summed E-state index contributed by atoms with van der Waals surface area (Å²) in [6.07, 6.45) is 6.43. The first-order valence-corrected chi connectivity index (χ1v) is 13.6. The van der Waals surface area contributed by atoms with Gasteiger partial charge >= 0.3 is 0 Å². The van der Waals surface area contributed by atoms with Gasteiger partial charge in [0.25, 0.3) is 0 Å². The van der Waals surface area contributed by atoms with E-state index in [1.165, 1.54) is 29.7 Å². The predicted octanol–water partition coefficient (Wildman–Crippen LogP) is 4.42. The first kappa shape index (κ1) is 25.2. The molecule has 1 atom stereocenters. The number of amides is 1. The molecule has 1 aromatic carbocycles. The number of carbonyl (C=O) groups excluding carboxylic acids is 1. The Labute approximate surface area is 218 Å². The number of rotatable bonds is 7. The highest BCUT2D eigenvalue weighted by Crippen LogP contribution is 2.29. The Hall–Kier alpha value is -2.48. The van der Waals surface area contributed by atoms with Gasteiger partial charge in [0.1, 0.15) is 0 Å². The molecule has 2 aromatic heterocycles. The number of aryl methyl sites for hydroxylation is 1. The molecule has 0 aliphatic carbocycles. The van der Waals surface area contributed by atoms with Gasteiger partial charge in [-0.15, -0.1) is 0 Å². The van der Waals surface area contributed by atoms with Crippen LogP contribution in [-0.2, 0) is 17.9 Å². The van der Waals surface area contributed by atoms with Crippen molar-refractivity contribution in [3.63, 3.8) is 0 Å². The molecule has 2 fully saturated rings. The van der Waals surface area contributed by atoms with Gasteiger partial charge < -0.3 is 10.2 Å². The van der Waals surface area contributed by atoms with Gasteiger partial charge in [0, 0.05) is 62.3 Å². The molecule has 5 rings (SSSR count). The summed E-state index contributed by atoms with van der Waals surface area (Å²) in [5.74, 6) is 1.24. The lowest BCUT2D eigenvalue weighted by Gasteiger charge is -2.33. The Kier molecular flexibility index (Phi) is 7.89. The van der Waals surface area contributed by atoms with Crippen molar-refractivity contribution < 1.29 is 4.79 Å². The molecule has 1 N–H and O–H groups in total. The summed E-state index contributed by atoms with van der Waals surface area (Å²) in [5.41, 5.74) is 5.76. The minimum absolute atomic E-state index is 0.191. The summed E-state index contributed by atoms with van der Waals surface area (Å²) in [5, 5.41) is 9.38. The van der Waals surface area contributed by atoms with Crippen molar-refractivity contribution >= 4 is 23.2 Å². The van der Waals surface area contributed by atoms with E-state index in [1.54, 1.807) is 6.92 Å². The fourth-order valence-electron chi connectivity index (χ4n) is 5.77. The van der Waals surface area contributed by atoms with Crippen molar-refractivity contribution in [2.75, 3.05) is 32.7 Å². The average Bonchev–Trinajstić information content (AvgIpc) is 3.21. The van der Waals surface area contributed by atoms with Crippen LogP contribution in [0, 0.1) is 12.8 Å². The van der Waals surface area contributed by atoms with Crippen LogP contribution in [0.3, 0.4) is 0 Å². The SMILES string of the molecule is CC(=O)N1CCC(CNCc2c(C)nn3c([C@H]4CCCN(Cc5ccc(Cl)cc5)C4)ccnc23)CC1. The Balaban J connectivity index is 1.23. The first-order valence-electron chi connectivity index (χ1n) is 13.2. The second-order valence-electron chi connectivity index (χ2n) is 10.5. The maximum Gasteiger partial charge on any atom is 0.219 e. The van der Waals surface area contributed by atoms with Gasteiger partial charge in [0.15, 0.2) is 5.65 Å². The van der Waals surface area contributed by atoms with Crippen LogP contribution in [0.1, 0.15) is 61.0 Å². The molecular formula is C28H37ClN6O. The van der Waals surface area contributed by atoms with E-state index < -0.39 is 0 Å². The lowest BCUT2D eigenvalue weighted by atomic mass is 9.94. The van der Waals surface area contributed by atoms with E-state index in [0.717, 1.165) is 75.0 Å². The number of nitrogens with one attached hydrogen (secondary N) is 1. The quantitative estimate of drug-likeness (QED) is 0.512. The third-order valence-corrected chi connectivity index (χ3v) is 8.13. The van der Waals surface area contributed by atoms with Crippen LogP contribution < -0.4 is 5.32 Å². The fourth-order valence-corrected chi connectivity index (χ4v) is 5.90. The number of likely N-dealkylation sites (tertiary alicyclic amines) is 2. The molecule has 2 saturated heterocycles. The summed E-state index contributed by atoms with van der Waals surface area (Å²) in [7, 11) is 0. The second kappa shape index (κ2) is 11.3. The van der Waals surface area contributed by atoms with Gasteiger partial charge in [-0.05, 0) is 75.4 Å². The fraction of sp³-hybridized carbons (Fsp3) is 0.536. The number of fused-ring (bicyclic) bond motifs is 1. The topological polar surface area (TPSA) is 65.8 Å². The largest absolute Gasteiger partial charge is 0.343 e. The Bertz CT molecular complexity index is 1180. The smallest absolute Gasteiger partial charge is 0.219 e. The average molecular weight is 509 g/mol. The summed E-state index contributed by atoms with van der Waals surface area (Å²) in [4.78, 5) is 20.8. The van der Waals surface area contributed by atoms with Gasteiger partial charge in [-0.25, -0.2) is 9.50 Å². The van der Waals surface area contributed by atoms with E-state index >= 15 is 0 Å². The normalized spacial score (nSPS) is 19.8. The highest BCUT2D eigenvalue weighted by atomic mass is 35.5. The van der Waals surface area contributed by atoms with E-state index in [-0.39, 0.29) is 5.91 Å². The standard InChI is InChI=1S/C28H37ClN6O/c1-20-26(17-30-16-22-10-14-34(15-11-22)21(2)36)28-31-12-9-27(35(28)32-20)24-4-3-13-33(19-24)18-23-5-7-25(29)8-6-23/h5-9,12,22,24,30H,3-4,10-11,13-19H2,1-2H3/t24-/m0/s1. The van der Waals surface area contributed by atoms with Gasteiger partial charge in [0.2, 0.25) is 5.91 Å². The number of nitrogens with zero attached hydrogens (tertiary/aromatic N) is 5. The molecule has 0 saturated carbocycles. The van der Waals surface area contributed by atoms with Crippen LogP contribution in [0.5, 0.6) is 0 Å². The van der Waals surface area contributed by atoms with Gasteiger partial charge in [-0.1, -0.05) is 23.7 Å². The van der Waals surface area contributed by atoms with Crippen LogP contribution in [0.15, 0.2) is 36.5 Å². The summed E-state index contributed by atoms with van der Waals surface area (Å²) < 4.78 is 2.09. The molecule has 4 heterocycles. The van der Waals surface area contributed by atoms with Gasteiger partial charge in [0.05, 0.1) is 11.4 Å². The number of halogens is 1. The molecule has 3 aromatic rings. The molecule has 1 amide bonds. The van der Waals surface area contributed by atoms with Gasteiger partial charge in [-0.3, -0.25) is 9.69 Å². The minimum atomic E-state index is 0.191. The van der Waals surface area contributed by atoms with Crippen LogP contribution >= 0.6 is 11.6 Å². The van der Waals surface area contributed by atoms with Gasteiger partial charge in [-0.2, -0.15) is 5.10 Å². The predicted molar refractivity (Wildman–Crippen MR) is 143 cm³/mol. The summed E-state index contributed by atoms with van der Waals surface area (Å²) in [6.45, 7) is 10.3. The number of carbonyl (C=O) groups is 1. The van der Waals surface area contributed by atoms with Crippen LogP contribution in [0.25, 0.3) is 5.65 Å². The maximum atomic E-state index is 11.6. The Morgan fingerprint density at radius 3 is 2.64 bits per heavy atom. The summed E-state index contributed by atoms with van der Waals surface area (Å²) >= 11 is 6.07. The van der Waals surface area contributed by atoms with Crippen molar-refractivity contribution in [2.45, 2.75) is 58.5 Å². The zero-order valence-corrected chi connectivity index (χ0v) is 22.2. The number of aromatic nitrogens is 3. The molecule has 7 nitrogen and oxygen atoms in total.